The second-order valence-corrected chi connectivity index (χ2v) is 6.23. The monoisotopic (exact) mass is 383 g/mol. The molecule has 7 heteroatoms. The number of carbonyl (C=O) groups excluding carboxylic acids is 1. The Balaban J connectivity index is 1.65. The first kappa shape index (κ1) is 19.7. The number of para-hydroxylation sites is 2. The topological polar surface area (TPSA) is 74.6 Å². The van der Waals surface area contributed by atoms with E-state index in [1.165, 1.54) is 7.11 Å². The van der Waals surface area contributed by atoms with Crippen LogP contribution in [0.3, 0.4) is 0 Å². The molecule has 2 aromatic carbocycles. The van der Waals surface area contributed by atoms with Gasteiger partial charge >= 0.3 is 0 Å². The molecule has 148 valence electrons. The van der Waals surface area contributed by atoms with Crippen LogP contribution in [0.25, 0.3) is 11.0 Å². The van der Waals surface area contributed by atoms with Crippen LogP contribution in [0.5, 0.6) is 11.5 Å². The van der Waals surface area contributed by atoms with Gasteiger partial charge in [0, 0.05) is 20.1 Å². The lowest BCUT2D eigenvalue weighted by atomic mass is 10.3. The standard InChI is InChI=1S/C21H25N3O4/c1-26-15-21(25)22-12-11-20-23-18-5-3-4-6-19(18)24(20)13-14-28-17-9-7-16(27-2)8-10-17/h3-10H,11-15H2,1-2H3,(H,22,25). The molecule has 0 saturated heterocycles. The molecule has 7 nitrogen and oxygen atoms in total. The number of imidazole rings is 1. The first-order valence-electron chi connectivity index (χ1n) is 9.18. The molecule has 1 amide bonds. The van der Waals surface area contributed by atoms with Crippen molar-refractivity contribution >= 4 is 16.9 Å². The van der Waals surface area contributed by atoms with Gasteiger partial charge in [0.15, 0.2) is 0 Å². The molecule has 0 radical (unpaired) electrons. The number of aromatic nitrogens is 2. The van der Waals surface area contributed by atoms with Gasteiger partial charge in [-0.2, -0.15) is 0 Å². The number of ether oxygens (including phenoxy) is 3. The SMILES string of the molecule is COCC(=O)NCCc1nc2ccccc2n1CCOc1ccc(OC)cc1. The maximum absolute atomic E-state index is 11.6. The Bertz CT molecular complexity index is 906. The van der Waals surface area contributed by atoms with Gasteiger partial charge in [0.25, 0.3) is 0 Å². The van der Waals surface area contributed by atoms with Crippen LogP contribution in [0, 0.1) is 0 Å². The summed E-state index contributed by atoms with van der Waals surface area (Å²) in [5.41, 5.74) is 1.99. The predicted molar refractivity (Wildman–Crippen MR) is 107 cm³/mol. The molecule has 0 unspecified atom stereocenters. The Kier molecular flexibility index (Phi) is 6.86. The molecular weight excluding hydrogens is 358 g/mol. The van der Waals surface area contributed by atoms with Crippen LogP contribution < -0.4 is 14.8 Å². The first-order valence-corrected chi connectivity index (χ1v) is 9.18. The van der Waals surface area contributed by atoms with E-state index >= 15 is 0 Å². The van der Waals surface area contributed by atoms with Crippen LogP contribution >= 0.6 is 0 Å². The fourth-order valence-electron chi connectivity index (χ4n) is 2.99. The Morgan fingerprint density at radius 2 is 1.82 bits per heavy atom. The molecule has 1 N–H and O–H groups in total. The van der Waals surface area contributed by atoms with E-state index in [-0.39, 0.29) is 12.5 Å². The number of amides is 1. The molecule has 1 heterocycles. The van der Waals surface area contributed by atoms with E-state index in [9.17, 15) is 4.79 Å². The summed E-state index contributed by atoms with van der Waals surface area (Å²) in [5, 5.41) is 2.84. The fraction of sp³-hybridized carbons (Fsp3) is 0.333. The highest BCUT2D eigenvalue weighted by atomic mass is 16.5. The minimum atomic E-state index is -0.131. The molecule has 3 aromatic rings. The second kappa shape index (κ2) is 9.75. The van der Waals surface area contributed by atoms with Crippen molar-refractivity contribution in [3.63, 3.8) is 0 Å². The molecule has 0 aliphatic heterocycles. The van der Waals surface area contributed by atoms with Crippen molar-refractivity contribution in [1.82, 2.24) is 14.9 Å². The number of carbonyl (C=O) groups is 1. The van der Waals surface area contributed by atoms with Crippen LogP contribution in [-0.2, 0) is 22.5 Å². The zero-order valence-electron chi connectivity index (χ0n) is 16.2. The number of hydrogen-bond donors (Lipinski definition) is 1. The summed E-state index contributed by atoms with van der Waals surface area (Å²) in [6.07, 6.45) is 0.632. The molecular formula is C21H25N3O4. The van der Waals surface area contributed by atoms with E-state index in [2.05, 4.69) is 9.88 Å². The highest BCUT2D eigenvalue weighted by molar-refractivity contribution is 5.77. The Hall–Kier alpha value is -3.06. The summed E-state index contributed by atoms with van der Waals surface area (Å²) in [6, 6.07) is 15.5. The average molecular weight is 383 g/mol. The number of rotatable bonds is 10. The van der Waals surface area contributed by atoms with E-state index in [4.69, 9.17) is 19.2 Å². The summed E-state index contributed by atoms with van der Waals surface area (Å²) in [4.78, 5) is 16.3. The van der Waals surface area contributed by atoms with E-state index in [0.717, 1.165) is 28.4 Å². The second-order valence-electron chi connectivity index (χ2n) is 6.23. The molecule has 0 spiro atoms. The quantitative estimate of drug-likeness (QED) is 0.582. The molecule has 0 bridgehead atoms. The smallest absolute Gasteiger partial charge is 0.245 e. The van der Waals surface area contributed by atoms with Crippen LogP contribution in [0.1, 0.15) is 5.82 Å². The number of nitrogens with one attached hydrogen (secondary N) is 1. The van der Waals surface area contributed by atoms with E-state index in [1.807, 2.05) is 48.5 Å². The molecule has 0 fully saturated rings. The molecule has 3 rings (SSSR count). The third kappa shape index (κ3) is 5.01. The number of methoxy groups -OCH3 is 2. The van der Waals surface area contributed by atoms with Crippen molar-refractivity contribution < 1.29 is 19.0 Å². The van der Waals surface area contributed by atoms with Crippen molar-refractivity contribution in [3.05, 3.63) is 54.4 Å². The van der Waals surface area contributed by atoms with Gasteiger partial charge in [0.1, 0.15) is 30.5 Å². The third-order valence-corrected chi connectivity index (χ3v) is 4.32. The summed E-state index contributed by atoms with van der Waals surface area (Å²) in [7, 11) is 3.14. The number of fused-ring (bicyclic) bond motifs is 1. The molecule has 1 aromatic heterocycles. The average Bonchev–Trinajstić information content (AvgIpc) is 3.06. The molecule has 0 atom stereocenters. The van der Waals surface area contributed by atoms with Gasteiger partial charge < -0.3 is 24.1 Å². The first-order chi connectivity index (χ1) is 13.7. The lowest BCUT2D eigenvalue weighted by molar-refractivity contribution is -0.124. The summed E-state index contributed by atoms with van der Waals surface area (Å²) in [6.45, 7) is 1.74. The minimum absolute atomic E-state index is 0.0616. The van der Waals surface area contributed by atoms with Crippen LogP contribution in [0.15, 0.2) is 48.5 Å². The molecule has 28 heavy (non-hydrogen) atoms. The highest BCUT2D eigenvalue weighted by Crippen LogP contribution is 2.19. The zero-order valence-corrected chi connectivity index (χ0v) is 16.2. The number of benzene rings is 2. The largest absolute Gasteiger partial charge is 0.497 e. The van der Waals surface area contributed by atoms with Gasteiger partial charge in [-0.1, -0.05) is 12.1 Å². The van der Waals surface area contributed by atoms with Crippen LogP contribution in [0.2, 0.25) is 0 Å². The summed E-state index contributed by atoms with van der Waals surface area (Å²) in [5.74, 6) is 2.37. The van der Waals surface area contributed by atoms with Crippen molar-refractivity contribution in [1.29, 1.82) is 0 Å². The Morgan fingerprint density at radius 1 is 1.07 bits per heavy atom. The zero-order chi connectivity index (χ0) is 19.8. The number of nitrogens with zero attached hydrogens (tertiary/aromatic N) is 2. The summed E-state index contributed by atoms with van der Waals surface area (Å²) < 4.78 is 18.0. The minimum Gasteiger partial charge on any atom is -0.497 e. The lowest BCUT2D eigenvalue weighted by Crippen LogP contribution is -2.29. The van der Waals surface area contributed by atoms with Crippen LogP contribution in [-0.4, -0.2) is 49.4 Å². The lowest BCUT2D eigenvalue weighted by Gasteiger charge is -2.11. The third-order valence-electron chi connectivity index (χ3n) is 4.32. The number of hydrogen-bond acceptors (Lipinski definition) is 5. The van der Waals surface area contributed by atoms with Gasteiger partial charge in [-0.05, 0) is 36.4 Å². The van der Waals surface area contributed by atoms with Gasteiger partial charge in [-0.3, -0.25) is 4.79 Å². The maximum atomic E-state index is 11.6. The summed E-state index contributed by atoms with van der Waals surface area (Å²) >= 11 is 0. The Labute approximate surface area is 164 Å². The van der Waals surface area contributed by atoms with Gasteiger partial charge in [0.2, 0.25) is 5.91 Å². The maximum Gasteiger partial charge on any atom is 0.245 e. The van der Waals surface area contributed by atoms with Gasteiger partial charge in [-0.25, -0.2) is 4.98 Å². The molecule has 0 aliphatic rings. The van der Waals surface area contributed by atoms with E-state index < -0.39 is 0 Å². The van der Waals surface area contributed by atoms with Gasteiger partial charge in [0.05, 0.1) is 24.7 Å². The van der Waals surface area contributed by atoms with E-state index in [0.29, 0.717) is 26.1 Å². The van der Waals surface area contributed by atoms with Crippen LogP contribution in [0.4, 0.5) is 0 Å². The van der Waals surface area contributed by atoms with E-state index in [1.54, 1.807) is 7.11 Å². The van der Waals surface area contributed by atoms with Crippen molar-refractivity contribution in [2.45, 2.75) is 13.0 Å². The predicted octanol–water partition coefficient (Wildman–Crippen LogP) is 2.43. The molecule has 0 saturated carbocycles. The fourth-order valence-corrected chi connectivity index (χ4v) is 2.99. The normalized spacial score (nSPS) is 10.8. The molecule has 0 aliphatic carbocycles. The van der Waals surface area contributed by atoms with Gasteiger partial charge in [-0.15, -0.1) is 0 Å². The van der Waals surface area contributed by atoms with Crippen molar-refractivity contribution in [2.75, 3.05) is 34.0 Å². The van der Waals surface area contributed by atoms with Crippen molar-refractivity contribution in [3.8, 4) is 11.5 Å². The van der Waals surface area contributed by atoms with Crippen molar-refractivity contribution in [2.24, 2.45) is 0 Å². The highest BCUT2D eigenvalue weighted by Gasteiger charge is 2.11. The Morgan fingerprint density at radius 3 is 2.57 bits per heavy atom.